The fourth-order valence-corrected chi connectivity index (χ4v) is 1.94. The summed E-state index contributed by atoms with van der Waals surface area (Å²) in [6.07, 6.45) is -0.804. The zero-order valence-corrected chi connectivity index (χ0v) is 18.8. The van der Waals surface area contributed by atoms with Crippen LogP contribution in [0.15, 0.2) is 29.3 Å². The summed E-state index contributed by atoms with van der Waals surface area (Å²) in [7, 11) is 4.00. The monoisotopic (exact) mass is 500 g/mol. The summed E-state index contributed by atoms with van der Waals surface area (Å²) in [5.74, 6) is 0.670. The standard InChI is InChI=1S/C18H30F2N4O2.HI/c1-6-21-17(23-12-18(2,3)24(4)5)22-11-15(25)13-7-9-14(10-8-13)26-16(19)20;/h7-10,15-16,25H,6,11-12H2,1-5H3,(H2,21,22,23);1H. The Bertz CT molecular complexity index is 569. The molecule has 6 nitrogen and oxygen atoms in total. The number of aliphatic hydroxyl groups is 1. The first-order chi connectivity index (χ1) is 12.2. The topological polar surface area (TPSA) is 69.1 Å². The van der Waals surface area contributed by atoms with Crippen molar-refractivity contribution in [2.24, 2.45) is 4.99 Å². The number of guanidine groups is 1. The van der Waals surface area contributed by atoms with Crippen molar-refractivity contribution >= 4 is 29.9 Å². The summed E-state index contributed by atoms with van der Waals surface area (Å²) >= 11 is 0. The van der Waals surface area contributed by atoms with Crippen molar-refractivity contribution in [2.75, 3.05) is 33.7 Å². The Morgan fingerprint density at radius 3 is 2.30 bits per heavy atom. The fraction of sp³-hybridized carbons (Fsp3) is 0.611. The van der Waals surface area contributed by atoms with Crippen LogP contribution in [-0.2, 0) is 0 Å². The summed E-state index contributed by atoms with van der Waals surface area (Å²) < 4.78 is 28.6. The molecule has 156 valence electrons. The SMILES string of the molecule is CCNC(=NCC(C)(C)N(C)C)NCC(O)c1ccc(OC(F)F)cc1.I. The van der Waals surface area contributed by atoms with Gasteiger partial charge in [-0.25, -0.2) is 0 Å². The summed E-state index contributed by atoms with van der Waals surface area (Å²) in [6, 6.07) is 5.93. The van der Waals surface area contributed by atoms with E-state index in [4.69, 9.17) is 0 Å². The molecular formula is C18H31F2IN4O2. The van der Waals surface area contributed by atoms with Crippen LogP contribution in [-0.4, -0.2) is 61.8 Å². The Morgan fingerprint density at radius 1 is 1.22 bits per heavy atom. The van der Waals surface area contributed by atoms with Crippen LogP contribution in [0.4, 0.5) is 8.78 Å². The van der Waals surface area contributed by atoms with E-state index in [1.165, 1.54) is 12.1 Å². The van der Waals surface area contributed by atoms with Crippen molar-refractivity contribution in [1.82, 2.24) is 15.5 Å². The van der Waals surface area contributed by atoms with Crippen molar-refractivity contribution in [3.8, 4) is 5.75 Å². The van der Waals surface area contributed by atoms with Gasteiger partial charge in [0.25, 0.3) is 0 Å². The average molecular weight is 500 g/mol. The van der Waals surface area contributed by atoms with Crippen molar-refractivity contribution < 1.29 is 18.6 Å². The van der Waals surface area contributed by atoms with Crippen LogP contribution in [0.5, 0.6) is 5.75 Å². The molecule has 0 aliphatic heterocycles. The maximum absolute atomic E-state index is 12.2. The molecule has 0 heterocycles. The Morgan fingerprint density at radius 2 is 1.81 bits per heavy atom. The number of hydrogen-bond donors (Lipinski definition) is 3. The number of aliphatic imine (C=N–C) groups is 1. The average Bonchev–Trinajstić information content (AvgIpc) is 2.57. The molecule has 1 aromatic carbocycles. The van der Waals surface area contributed by atoms with Crippen LogP contribution >= 0.6 is 24.0 Å². The Hall–Kier alpha value is -1.20. The second kappa shape index (κ2) is 12.3. The zero-order valence-electron chi connectivity index (χ0n) is 16.5. The molecule has 0 amide bonds. The molecule has 0 radical (unpaired) electrons. The minimum atomic E-state index is -2.86. The number of benzene rings is 1. The molecule has 27 heavy (non-hydrogen) atoms. The van der Waals surface area contributed by atoms with Crippen molar-refractivity contribution in [2.45, 2.75) is 39.0 Å². The molecule has 0 aromatic heterocycles. The predicted molar refractivity (Wildman–Crippen MR) is 115 cm³/mol. The van der Waals surface area contributed by atoms with Crippen LogP contribution in [0, 0.1) is 0 Å². The van der Waals surface area contributed by atoms with Crippen LogP contribution in [0.1, 0.15) is 32.4 Å². The van der Waals surface area contributed by atoms with Gasteiger partial charge in [-0.2, -0.15) is 8.78 Å². The Balaban J connectivity index is 0.00000676. The number of likely N-dealkylation sites (N-methyl/N-ethyl adjacent to an activating group) is 1. The van der Waals surface area contributed by atoms with Gasteiger partial charge in [0, 0.05) is 18.6 Å². The molecule has 0 fully saturated rings. The highest BCUT2D eigenvalue weighted by molar-refractivity contribution is 14.0. The van der Waals surface area contributed by atoms with Crippen LogP contribution in [0.2, 0.25) is 0 Å². The molecular weight excluding hydrogens is 469 g/mol. The molecule has 9 heteroatoms. The van der Waals surface area contributed by atoms with Crippen molar-refractivity contribution in [3.05, 3.63) is 29.8 Å². The number of ether oxygens (including phenoxy) is 1. The quantitative estimate of drug-likeness (QED) is 0.277. The number of nitrogens with one attached hydrogen (secondary N) is 2. The van der Waals surface area contributed by atoms with E-state index < -0.39 is 12.7 Å². The number of alkyl halides is 2. The molecule has 3 N–H and O–H groups in total. The highest BCUT2D eigenvalue weighted by Crippen LogP contribution is 2.19. The number of aliphatic hydroxyl groups excluding tert-OH is 1. The van der Waals surface area contributed by atoms with E-state index >= 15 is 0 Å². The molecule has 0 spiro atoms. The third-order valence-electron chi connectivity index (χ3n) is 4.13. The summed E-state index contributed by atoms with van der Waals surface area (Å²) in [5, 5.41) is 16.5. The second-order valence-corrected chi connectivity index (χ2v) is 6.75. The van der Waals surface area contributed by atoms with Gasteiger partial charge >= 0.3 is 6.61 Å². The predicted octanol–water partition coefficient (Wildman–Crippen LogP) is 2.83. The molecule has 0 bridgehead atoms. The first-order valence-electron chi connectivity index (χ1n) is 8.58. The number of hydrogen-bond acceptors (Lipinski definition) is 4. The van der Waals surface area contributed by atoms with Crippen LogP contribution in [0.3, 0.4) is 0 Å². The lowest BCUT2D eigenvalue weighted by atomic mass is 10.1. The lowest BCUT2D eigenvalue weighted by Crippen LogP contribution is -2.44. The van der Waals surface area contributed by atoms with E-state index in [9.17, 15) is 13.9 Å². The summed E-state index contributed by atoms with van der Waals surface area (Å²) in [6.45, 7) is 4.82. The minimum Gasteiger partial charge on any atom is -0.435 e. The van der Waals surface area contributed by atoms with Gasteiger partial charge in [0.15, 0.2) is 5.96 Å². The van der Waals surface area contributed by atoms with E-state index in [1.54, 1.807) is 12.1 Å². The maximum atomic E-state index is 12.2. The third kappa shape index (κ3) is 9.52. The smallest absolute Gasteiger partial charge is 0.387 e. The van der Waals surface area contributed by atoms with Gasteiger partial charge in [0.05, 0.1) is 12.6 Å². The van der Waals surface area contributed by atoms with Gasteiger partial charge in [-0.15, -0.1) is 24.0 Å². The summed E-state index contributed by atoms with van der Waals surface area (Å²) in [4.78, 5) is 6.65. The van der Waals surface area contributed by atoms with Gasteiger partial charge in [0.2, 0.25) is 0 Å². The van der Waals surface area contributed by atoms with Crippen molar-refractivity contribution in [1.29, 1.82) is 0 Å². The molecule has 0 aliphatic carbocycles. The molecule has 1 atom stereocenters. The molecule has 1 aromatic rings. The van der Waals surface area contributed by atoms with Crippen molar-refractivity contribution in [3.63, 3.8) is 0 Å². The first kappa shape index (κ1) is 25.8. The van der Waals surface area contributed by atoms with Gasteiger partial charge in [-0.3, -0.25) is 4.99 Å². The lowest BCUT2D eigenvalue weighted by Gasteiger charge is -2.31. The first-order valence-corrected chi connectivity index (χ1v) is 8.58. The van der Waals surface area contributed by atoms with Crippen LogP contribution < -0.4 is 15.4 Å². The van der Waals surface area contributed by atoms with E-state index in [1.807, 2.05) is 21.0 Å². The van der Waals surface area contributed by atoms with E-state index in [-0.39, 0.29) is 41.8 Å². The van der Waals surface area contributed by atoms with E-state index in [2.05, 4.69) is 39.1 Å². The fourth-order valence-electron chi connectivity index (χ4n) is 1.94. The van der Waals surface area contributed by atoms with E-state index in [0.717, 1.165) is 0 Å². The highest BCUT2D eigenvalue weighted by Gasteiger charge is 2.20. The van der Waals surface area contributed by atoms with Gasteiger partial charge in [-0.1, -0.05) is 12.1 Å². The molecule has 1 rings (SSSR count). The van der Waals surface area contributed by atoms with Gasteiger partial charge in [0.1, 0.15) is 5.75 Å². The normalized spacial score (nSPS) is 13.3. The Labute approximate surface area is 177 Å². The summed E-state index contributed by atoms with van der Waals surface area (Å²) in [5.41, 5.74) is 0.505. The largest absolute Gasteiger partial charge is 0.435 e. The molecule has 1 unspecified atom stereocenters. The molecule has 0 saturated heterocycles. The highest BCUT2D eigenvalue weighted by atomic mass is 127. The maximum Gasteiger partial charge on any atom is 0.387 e. The molecule has 0 aliphatic rings. The second-order valence-electron chi connectivity index (χ2n) is 6.75. The van der Waals surface area contributed by atoms with E-state index in [0.29, 0.717) is 24.6 Å². The number of halogens is 3. The molecule has 0 saturated carbocycles. The zero-order chi connectivity index (χ0) is 19.7. The van der Waals surface area contributed by atoms with Crippen LogP contribution in [0.25, 0.3) is 0 Å². The minimum absolute atomic E-state index is 0. The number of rotatable bonds is 9. The Kier molecular flexibility index (Phi) is 11.7. The number of nitrogens with zero attached hydrogens (tertiary/aromatic N) is 2. The van der Waals surface area contributed by atoms with Gasteiger partial charge in [-0.05, 0) is 52.6 Å². The third-order valence-corrected chi connectivity index (χ3v) is 4.13. The lowest BCUT2D eigenvalue weighted by molar-refractivity contribution is -0.0498. The van der Waals surface area contributed by atoms with Gasteiger partial charge < -0.3 is 25.4 Å².